The summed E-state index contributed by atoms with van der Waals surface area (Å²) in [6, 6.07) is 10.5. The van der Waals surface area contributed by atoms with E-state index in [0.29, 0.717) is 0 Å². The molecule has 0 aliphatic rings. The van der Waals surface area contributed by atoms with Crippen molar-refractivity contribution in [3.63, 3.8) is 0 Å². The van der Waals surface area contributed by atoms with Crippen LogP contribution in [0.15, 0.2) is 47.4 Å². The van der Waals surface area contributed by atoms with Crippen LogP contribution >= 0.6 is 0 Å². The van der Waals surface area contributed by atoms with E-state index in [2.05, 4.69) is 4.72 Å². The Kier molecular flexibility index (Phi) is 7.25. The number of benzene rings is 2. The van der Waals surface area contributed by atoms with Gasteiger partial charge < -0.3 is 9.47 Å². The van der Waals surface area contributed by atoms with E-state index in [1.807, 2.05) is 20.8 Å². The van der Waals surface area contributed by atoms with E-state index in [-0.39, 0.29) is 40.3 Å². The van der Waals surface area contributed by atoms with E-state index in [1.165, 1.54) is 30.3 Å². The quantitative estimate of drug-likeness (QED) is 0.659. The molecule has 0 saturated heterocycles. The smallest absolute Gasteiger partial charge is 0.340 e. The van der Waals surface area contributed by atoms with E-state index >= 15 is 0 Å². The molecule has 0 atom stereocenters. The number of carbonyl (C=O) groups is 2. The van der Waals surface area contributed by atoms with Crippen LogP contribution in [0.25, 0.3) is 0 Å². The molecule has 8 heteroatoms. The molecule has 2 aromatic rings. The fourth-order valence-electron chi connectivity index (χ4n) is 2.69. The minimum Gasteiger partial charge on any atom is -0.462 e. The highest BCUT2D eigenvalue weighted by molar-refractivity contribution is 7.92. The lowest BCUT2D eigenvalue weighted by molar-refractivity contribution is 0.0512. The molecule has 0 radical (unpaired) electrons. The van der Waals surface area contributed by atoms with Gasteiger partial charge in [0, 0.05) is 0 Å². The lowest BCUT2D eigenvalue weighted by Gasteiger charge is -2.19. The summed E-state index contributed by atoms with van der Waals surface area (Å²) in [4.78, 5) is 24.4. The number of rotatable bonds is 7. The highest BCUT2D eigenvalue weighted by atomic mass is 32.2. The standard InChI is InChI=1S/C22H27NO6S/c1-6-28-20(24)15-8-13-18(21(25)29-7-2)19(14-15)23-30(26,27)17-11-9-16(10-12-17)22(3,4)5/h8-14,23H,6-7H2,1-5H3. The largest absolute Gasteiger partial charge is 0.462 e. The first-order valence-corrected chi connectivity index (χ1v) is 11.1. The Bertz CT molecular complexity index is 1020. The third-order valence-corrected chi connectivity index (χ3v) is 5.68. The first-order chi connectivity index (χ1) is 14.0. The van der Waals surface area contributed by atoms with Gasteiger partial charge >= 0.3 is 11.9 Å². The highest BCUT2D eigenvalue weighted by Crippen LogP contribution is 2.26. The van der Waals surface area contributed by atoms with Crippen molar-refractivity contribution in [1.82, 2.24) is 0 Å². The molecule has 1 N–H and O–H groups in total. The van der Waals surface area contributed by atoms with E-state index in [0.717, 1.165) is 5.56 Å². The molecule has 0 unspecified atom stereocenters. The van der Waals surface area contributed by atoms with Crippen LogP contribution in [0.3, 0.4) is 0 Å². The van der Waals surface area contributed by atoms with Gasteiger partial charge in [0.15, 0.2) is 0 Å². The van der Waals surface area contributed by atoms with Gasteiger partial charge in [-0.2, -0.15) is 0 Å². The van der Waals surface area contributed by atoms with E-state index in [4.69, 9.17) is 9.47 Å². The van der Waals surface area contributed by atoms with Gasteiger partial charge in [-0.3, -0.25) is 4.72 Å². The summed E-state index contributed by atoms with van der Waals surface area (Å²) in [7, 11) is -4.01. The zero-order valence-electron chi connectivity index (χ0n) is 17.8. The third kappa shape index (κ3) is 5.60. The molecule has 0 saturated carbocycles. The maximum absolute atomic E-state index is 12.9. The number of carbonyl (C=O) groups excluding carboxylic acids is 2. The Morgan fingerprint density at radius 1 is 0.900 bits per heavy atom. The maximum atomic E-state index is 12.9. The SMILES string of the molecule is CCOC(=O)c1ccc(C(=O)OCC)c(NS(=O)(=O)c2ccc(C(C)(C)C)cc2)c1. The van der Waals surface area contributed by atoms with Crippen molar-refractivity contribution in [2.45, 2.75) is 44.9 Å². The molecule has 30 heavy (non-hydrogen) atoms. The average molecular weight is 434 g/mol. The first-order valence-electron chi connectivity index (χ1n) is 9.61. The Hall–Kier alpha value is -2.87. The lowest BCUT2D eigenvalue weighted by Crippen LogP contribution is -2.18. The van der Waals surface area contributed by atoms with Gasteiger partial charge in [0.2, 0.25) is 0 Å². The summed E-state index contributed by atoms with van der Waals surface area (Å²) in [5.41, 5.74) is 0.920. The number of esters is 2. The Morgan fingerprint density at radius 2 is 1.47 bits per heavy atom. The number of nitrogens with one attached hydrogen (secondary N) is 1. The van der Waals surface area contributed by atoms with Gasteiger partial charge in [0.1, 0.15) is 0 Å². The van der Waals surface area contributed by atoms with Crippen LogP contribution in [-0.2, 0) is 24.9 Å². The molecule has 7 nitrogen and oxygen atoms in total. The number of hydrogen-bond acceptors (Lipinski definition) is 6. The summed E-state index contributed by atoms with van der Waals surface area (Å²) < 4.78 is 38.2. The second-order valence-corrected chi connectivity index (χ2v) is 9.26. The molecule has 2 rings (SSSR count). The average Bonchev–Trinajstić information content (AvgIpc) is 2.67. The van der Waals surface area contributed by atoms with Crippen molar-refractivity contribution in [3.8, 4) is 0 Å². The Morgan fingerprint density at radius 3 is 2.00 bits per heavy atom. The number of anilines is 1. The monoisotopic (exact) mass is 433 g/mol. The fraction of sp³-hybridized carbons (Fsp3) is 0.364. The Labute approximate surface area is 177 Å². The van der Waals surface area contributed by atoms with Crippen LogP contribution in [0, 0.1) is 0 Å². The zero-order valence-corrected chi connectivity index (χ0v) is 18.6. The highest BCUT2D eigenvalue weighted by Gasteiger charge is 2.22. The van der Waals surface area contributed by atoms with E-state index < -0.39 is 22.0 Å². The zero-order chi connectivity index (χ0) is 22.5. The second-order valence-electron chi connectivity index (χ2n) is 7.58. The van der Waals surface area contributed by atoms with Crippen LogP contribution in [0.2, 0.25) is 0 Å². The number of hydrogen-bond donors (Lipinski definition) is 1. The topological polar surface area (TPSA) is 98.8 Å². The summed E-state index contributed by atoms with van der Waals surface area (Å²) in [5.74, 6) is -1.32. The van der Waals surface area contributed by atoms with Crippen molar-refractivity contribution in [3.05, 3.63) is 59.2 Å². The molecule has 0 spiro atoms. The maximum Gasteiger partial charge on any atom is 0.340 e. The number of sulfonamides is 1. The minimum atomic E-state index is -4.01. The van der Waals surface area contributed by atoms with Crippen molar-refractivity contribution in [2.75, 3.05) is 17.9 Å². The molecule has 162 valence electrons. The van der Waals surface area contributed by atoms with Crippen molar-refractivity contribution in [2.24, 2.45) is 0 Å². The van der Waals surface area contributed by atoms with E-state index in [1.54, 1.807) is 26.0 Å². The summed E-state index contributed by atoms with van der Waals surface area (Å²) in [6.45, 7) is 9.68. The molecule has 0 aliphatic carbocycles. The van der Waals surface area contributed by atoms with Crippen molar-refractivity contribution in [1.29, 1.82) is 0 Å². The van der Waals surface area contributed by atoms with Crippen molar-refractivity contribution < 1.29 is 27.5 Å². The first kappa shape index (κ1) is 23.4. The molecule has 0 amide bonds. The van der Waals surface area contributed by atoms with Crippen LogP contribution in [-0.4, -0.2) is 33.6 Å². The predicted molar refractivity (Wildman–Crippen MR) is 114 cm³/mol. The van der Waals surface area contributed by atoms with Gasteiger partial charge in [0.05, 0.1) is 34.9 Å². The van der Waals surface area contributed by atoms with Gasteiger partial charge in [0.25, 0.3) is 10.0 Å². The van der Waals surface area contributed by atoms with Gasteiger partial charge in [-0.05, 0) is 55.2 Å². The summed E-state index contributed by atoms with van der Waals surface area (Å²) >= 11 is 0. The lowest BCUT2D eigenvalue weighted by atomic mass is 9.87. The predicted octanol–water partition coefficient (Wildman–Crippen LogP) is 4.14. The van der Waals surface area contributed by atoms with E-state index in [9.17, 15) is 18.0 Å². The molecule has 2 aromatic carbocycles. The minimum absolute atomic E-state index is 0.000199. The van der Waals surface area contributed by atoms with Crippen LogP contribution in [0.1, 0.15) is 60.9 Å². The molecular formula is C22H27NO6S. The molecule has 0 heterocycles. The molecule has 0 fully saturated rings. The summed E-state index contributed by atoms with van der Waals surface area (Å²) in [6.07, 6.45) is 0. The second kappa shape index (κ2) is 9.30. The van der Waals surface area contributed by atoms with Crippen LogP contribution < -0.4 is 4.72 Å². The Balaban J connectivity index is 2.45. The number of ether oxygens (including phenoxy) is 2. The van der Waals surface area contributed by atoms with Gasteiger partial charge in [-0.1, -0.05) is 32.9 Å². The third-order valence-electron chi connectivity index (χ3n) is 4.30. The summed E-state index contributed by atoms with van der Waals surface area (Å²) in [5, 5.41) is 0. The van der Waals surface area contributed by atoms with Crippen LogP contribution in [0.5, 0.6) is 0 Å². The molecule has 0 bridgehead atoms. The molecular weight excluding hydrogens is 406 g/mol. The van der Waals surface area contributed by atoms with Crippen LogP contribution in [0.4, 0.5) is 5.69 Å². The normalized spacial score (nSPS) is 11.6. The van der Waals surface area contributed by atoms with Gasteiger partial charge in [-0.25, -0.2) is 18.0 Å². The van der Waals surface area contributed by atoms with Crippen molar-refractivity contribution >= 4 is 27.6 Å². The fourth-order valence-corrected chi connectivity index (χ4v) is 3.77. The molecule has 0 aromatic heterocycles. The molecule has 0 aliphatic heterocycles. The van der Waals surface area contributed by atoms with Gasteiger partial charge in [-0.15, -0.1) is 0 Å².